The van der Waals surface area contributed by atoms with Gasteiger partial charge in [0.1, 0.15) is 5.75 Å². The summed E-state index contributed by atoms with van der Waals surface area (Å²) in [5, 5.41) is 5.47. The maximum absolute atomic E-state index is 13.3. The maximum atomic E-state index is 13.3. The van der Waals surface area contributed by atoms with Gasteiger partial charge in [0.2, 0.25) is 5.91 Å². The van der Waals surface area contributed by atoms with Crippen LogP contribution in [-0.2, 0) is 10.2 Å². The fourth-order valence-electron chi connectivity index (χ4n) is 3.47. The number of carbonyl (C=O) groups is 1. The van der Waals surface area contributed by atoms with E-state index in [0.29, 0.717) is 29.5 Å². The van der Waals surface area contributed by atoms with Crippen molar-refractivity contribution in [3.05, 3.63) is 65.4 Å². The molecule has 2 heterocycles. The van der Waals surface area contributed by atoms with E-state index in [1.165, 1.54) is 0 Å². The van der Waals surface area contributed by atoms with Gasteiger partial charge in [-0.05, 0) is 18.2 Å². The number of nitrogens with one attached hydrogen (secondary N) is 1. The van der Waals surface area contributed by atoms with Crippen molar-refractivity contribution in [3.8, 4) is 5.75 Å². The van der Waals surface area contributed by atoms with Crippen LogP contribution < -0.4 is 15.8 Å². The minimum absolute atomic E-state index is 0. The molecule has 5 nitrogen and oxygen atoms in total. The first-order valence-electron chi connectivity index (χ1n) is 8.41. The zero-order chi connectivity index (χ0) is 18.1. The summed E-state index contributed by atoms with van der Waals surface area (Å²) in [6, 6.07) is 13.1. The molecule has 28 heavy (non-hydrogen) atoms. The molecule has 0 spiro atoms. The van der Waals surface area contributed by atoms with Crippen molar-refractivity contribution >= 4 is 58.8 Å². The Labute approximate surface area is 180 Å². The van der Waals surface area contributed by atoms with Crippen LogP contribution in [0.2, 0.25) is 5.02 Å². The Bertz CT molecular complexity index is 994. The van der Waals surface area contributed by atoms with Crippen LogP contribution in [0.4, 0.5) is 5.69 Å². The molecule has 1 atom stereocenters. The van der Waals surface area contributed by atoms with Crippen molar-refractivity contribution in [1.29, 1.82) is 0 Å². The van der Waals surface area contributed by atoms with Crippen LogP contribution in [0.1, 0.15) is 12.0 Å². The summed E-state index contributed by atoms with van der Waals surface area (Å²) < 4.78 is 5.70. The molecule has 0 bridgehead atoms. The largest absolute Gasteiger partial charge is 0.493 e. The predicted octanol–water partition coefficient (Wildman–Crippen LogP) is 4.35. The van der Waals surface area contributed by atoms with Gasteiger partial charge in [-0.2, -0.15) is 0 Å². The molecule has 0 saturated carbocycles. The molecule has 148 valence electrons. The van der Waals surface area contributed by atoms with E-state index in [9.17, 15) is 4.79 Å². The Morgan fingerprint density at radius 2 is 2.00 bits per heavy atom. The summed E-state index contributed by atoms with van der Waals surface area (Å²) in [7, 11) is 0. The summed E-state index contributed by atoms with van der Waals surface area (Å²) >= 11 is 6.17. The number of carbonyl (C=O) groups excluding carboxylic acids is 1. The average molecular weight is 441 g/mol. The van der Waals surface area contributed by atoms with Gasteiger partial charge in [-0.3, -0.25) is 9.78 Å². The van der Waals surface area contributed by atoms with Crippen LogP contribution in [0.15, 0.2) is 54.9 Å². The highest BCUT2D eigenvalue weighted by molar-refractivity contribution is 6.30. The Kier molecular flexibility index (Phi) is 7.12. The van der Waals surface area contributed by atoms with E-state index in [1.54, 1.807) is 30.6 Å². The van der Waals surface area contributed by atoms with Crippen molar-refractivity contribution in [2.24, 2.45) is 5.73 Å². The Morgan fingerprint density at radius 3 is 2.79 bits per heavy atom. The first-order chi connectivity index (χ1) is 12.6. The van der Waals surface area contributed by atoms with Crippen LogP contribution in [0, 0.1) is 0 Å². The Hall–Kier alpha value is -2.05. The lowest BCUT2D eigenvalue weighted by Crippen LogP contribution is -2.49. The van der Waals surface area contributed by atoms with Gasteiger partial charge in [0.05, 0.1) is 23.9 Å². The highest BCUT2D eigenvalue weighted by Gasteiger charge is 2.43. The van der Waals surface area contributed by atoms with E-state index < -0.39 is 5.41 Å². The van der Waals surface area contributed by atoms with Gasteiger partial charge in [0.15, 0.2) is 0 Å². The third kappa shape index (κ3) is 3.76. The smallest absolute Gasteiger partial charge is 0.236 e. The Morgan fingerprint density at radius 1 is 1.21 bits per heavy atom. The third-order valence-corrected chi connectivity index (χ3v) is 5.18. The lowest BCUT2D eigenvalue weighted by molar-refractivity contribution is -0.122. The van der Waals surface area contributed by atoms with Gasteiger partial charge in [-0.1, -0.05) is 35.9 Å². The van der Waals surface area contributed by atoms with Gasteiger partial charge in [0, 0.05) is 40.5 Å². The highest BCUT2D eigenvalue weighted by atomic mass is 35.5. The molecule has 1 aromatic heterocycles. The molecule has 1 aliphatic heterocycles. The standard InChI is InChI=1S/C20H18ClN3O2.2ClH/c21-14-5-6-18-16(9-14)20(12-22,7-8-26-18)19(25)24-17-11-23-10-13-3-1-2-4-15(13)17;;/h1-6,9-11H,7-8,12,22H2,(H,24,25);2*1H/t20-;;/m1../s1. The van der Waals surface area contributed by atoms with Gasteiger partial charge in [-0.25, -0.2) is 0 Å². The number of halogens is 3. The number of nitrogens with zero attached hydrogens (tertiary/aromatic N) is 1. The number of fused-ring (bicyclic) bond motifs is 2. The van der Waals surface area contributed by atoms with Crippen molar-refractivity contribution in [2.75, 3.05) is 18.5 Å². The normalized spacial score (nSPS) is 17.5. The number of ether oxygens (including phenoxy) is 1. The lowest BCUT2D eigenvalue weighted by atomic mass is 9.75. The minimum Gasteiger partial charge on any atom is -0.493 e. The van der Waals surface area contributed by atoms with E-state index in [1.807, 2.05) is 24.3 Å². The van der Waals surface area contributed by atoms with E-state index >= 15 is 0 Å². The predicted molar refractivity (Wildman–Crippen MR) is 117 cm³/mol. The first kappa shape index (κ1) is 22.2. The molecule has 1 aliphatic rings. The second-order valence-corrected chi connectivity index (χ2v) is 6.82. The van der Waals surface area contributed by atoms with Crippen molar-refractivity contribution < 1.29 is 9.53 Å². The molecule has 3 N–H and O–H groups in total. The summed E-state index contributed by atoms with van der Waals surface area (Å²) in [6.45, 7) is 0.584. The molecule has 0 fully saturated rings. The van der Waals surface area contributed by atoms with Crippen LogP contribution in [0.5, 0.6) is 5.75 Å². The summed E-state index contributed by atoms with van der Waals surface area (Å²) in [6.07, 6.45) is 3.91. The van der Waals surface area contributed by atoms with E-state index in [4.69, 9.17) is 22.1 Å². The molecule has 0 radical (unpaired) electrons. The van der Waals surface area contributed by atoms with Gasteiger partial charge < -0.3 is 15.8 Å². The fourth-order valence-corrected chi connectivity index (χ4v) is 3.64. The number of pyridine rings is 1. The third-order valence-electron chi connectivity index (χ3n) is 4.94. The van der Waals surface area contributed by atoms with Crippen LogP contribution in [0.25, 0.3) is 10.8 Å². The molecule has 0 unspecified atom stereocenters. The number of rotatable bonds is 3. The lowest BCUT2D eigenvalue weighted by Gasteiger charge is -2.36. The first-order valence-corrected chi connectivity index (χ1v) is 8.79. The topological polar surface area (TPSA) is 77.2 Å². The second kappa shape index (κ2) is 8.97. The van der Waals surface area contributed by atoms with Gasteiger partial charge in [0.25, 0.3) is 0 Å². The molecule has 1 amide bonds. The van der Waals surface area contributed by atoms with Crippen molar-refractivity contribution in [3.63, 3.8) is 0 Å². The monoisotopic (exact) mass is 439 g/mol. The second-order valence-electron chi connectivity index (χ2n) is 6.39. The number of amides is 1. The van der Waals surface area contributed by atoms with Crippen LogP contribution >= 0.6 is 36.4 Å². The van der Waals surface area contributed by atoms with Crippen molar-refractivity contribution in [1.82, 2.24) is 4.98 Å². The van der Waals surface area contributed by atoms with E-state index in [-0.39, 0.29) is 37.3 Å². The number of nitrogens with two attached hydrogens (primary N) is 1. The number of anilines is 1. The molecule has 2 aromatic carbocycles. The number of aromatic nitrogens is 1. The van der Waals surface area contributed by atoms with Crippen LogP contribution in [0.3, 0.4) is 0 Å². The van der Waals surface area contributed by atoms with Crippen LogP contribution in [-0.4, -0.2) is 24.0 Å². The molecule has 0 aliphatic carbocycles. The molecule has 4 rings (SSSR count). The van der Waals surface area contributed by atoms with Gasteiger partial charge >= 0.3 is 0 Å². The highest BCUT2D eigenvalue weighted by Crippen LogP contribution is 2.41. The van der Waals surface area contributed by atoms with E-state index in [2.05, 4.69) is 10.3 Å². The number of hydrogen-bond donors (Lipinski definition) is 2. The zero-order valence-electron chi connectivity index (χ0n) is 14.9. The number of benzene rings is 2. The summed E-state index contributed by atoms with van der Waals surface area (Å²) in [5.41, 5.74) is 6.59. The zero-order valence-corrected chi connectivity index (χ0v) is 17.2. The summed E-state index contributed by atoms with van der Waals surface area (Å²) in [4.78, 5) is 17.5. The van der Waals surface area contributed by atoms with Crippen molar-refractivity contribution in [2.45, 2.75) is 11.8 Å². The molecule has 8 heteroatoms. The Balaban J connectivity index is 0.00000140. The van der Waals surface area contributed by atoms with E-state index in [0.717, 1.165) is 16.3 Å². The molecular formula is C20H20Cl3N3O2. The SMILES string of the molecule is Cl.Cl.NC[C@]1(C(=O)Nc2cncc3ccccc23)CCOc2ccc(Cl)cc21. The molecule has 0 saturated heterocycles. The molecular weight excluding hydrogens is 421 g/mol. The average Bonchev–Trinajstić information content (AvgIpc) is 2.67. The van der Waals surface area contributed by atoms with Gasteiger partial charge in [-0.15, -0.1) is 24.8 Å². The number of hydrogen-bond acceptors (Lipinski definition) is 4. The fraction of sp³-hybridized carbons (Fsp3) is 0.200. The summed E-state index contributed by atoms with van der Waals surface area (Å²) in [5.74, 6) is 0.474. The minimum atomic E-state index is -0.893. The maximum Gasteiger partial charge on any atom is 0.236 e. The quantitative estimate of drug-likeness (QED) is 0.635. The molecule has 3 aromatic rings.